The van der Waals surface area contributed by atoms with Crippen molar-refractivity contribution in [3.63, 3.8) is 0 Å². The summed E-state index contributed by atoms with van der Waals surface area (Å²) in [5.74, 6) is -0.461. The first-order valence-corrected chi connectivity index (χ1v) is 7.75. The van der Waals surface area contributed by atoms with E-state index in [-0.39, 0.29) is 17.7 Å². The van der Waals surface area contributed by atoms with Crippen LogP contribution >= 0.6 is 0 Å². The summed E-state index contributed by atoms with van der Waals surface area (Å²) in [5, 5.41) is 14.4. The lowest BCUT2D eigenvalue weighted by Crippen LogP contribution is -2.22. The Kier molecular flexibility index (Phi) is 3.45. The number of nitrogens with one attached hydrogen (secondary N) is 1. The Hall–Kier alpha value is -3.29. The number of anilines is 1. The van der Waals surface area contributed by atoms with E-state index in [0.29, 0.717) is 12.1 Å². The van der Waals surface area contributed by atoms with Crippen LogP contribution < -0.4 is 10.9 Å². The molecule has 1 N–H and O–H groups in total. The van der Waals surface area contributed by atoms with Crippen molar-refractivity contribution in [2.75, 3.05) is 5.32 Å². The molecule has 4 rings (SSSR count). The van der Waals surface area contributed by atoms with Gasteiger partial charge in [0.05, 0.1) is 11.0 Å². The van der Waals surface area contributed by atoms with Crippen molar-refractivity contribution >= 4 is 17.2 Å². The van der Waals surface area contributed by atoms with Crippen molar-refractivity contribution < 1.29 is 9.31 Å². The Labute approximate surface area is 140 Å². The number of nitro groups is 1. The van der Waals surface area contributed by atoms with Crippen LogP contribution in [0.25, 0.3) is 5.65 Å². The monoisotopic (exact) mass is 340 g/mol. The molecular weight excluding hydrogens is 327 g/mol. The van der Waals surface area contributed by atoms with Crippen LogP contribution in [0.5, 0.6) is 0 Å². The van der Waals surface area contributed by atoms with E-state index in [1.807, 2.05) is 0 Å². The lowest BCUT2D eigenvalue weighted by molar-refractivity contribution is -0.385. The maximum Gasteiger partial charge on any atom is 0.376 e. The highest BCUT2D eigenvalue weighted by molar-refractivity contribution is 5.61. The minimum absolute atomic E-state index is 0.0942. The number of nitrogens with zero attached hydrogens (tertiary/aromatic N) is 3. The van der Waals surface area contributed by atoms with E-state index in [1.54, 1.807) is 24.3 Å². The highest BCUT2D eigenvalue weighted by Gasteiger charge is 2.29. The molecule has 0 saturated heterocycles. The molecule has 3 aromatic rings. The molecule has 0 radical (unpaired) electrons. The van der Waals surface area contributed by atoms with Gasteiger partial charge in [0.15, 0.2) is 0 Å². The smallest absolute Gasteiger partial charge is 0.357 e. The lowest BCUT2D eigenvalue weighted by atomic mass is 10.1. The third-order valence-electron chi connectivity index (χ3n) is 4.39. The van der Waals surface area contributed by atoms with Gasteiger partial charge in [-0.05, 0) is 48.2 Å². The summed E-state index contributed by atoms with van der Waals surface area (Å²) in [6, 6.07) is 9.08. The molecule has 0 bridgehead atoms. The molecular formula is C17H13FN4O3. The predicted molar refractivity (Wildman–Crippen MR) is 89.2 cm³/mol. The first-order chi connectivity index (χ1) is 12.0. The fourth-order valence-electron chi connectivity index (χ4n) is 3.23. The molecule has 25 heavy (non-hydrogen) atoms. The molecule has 2 heterocycles. The number of halogens is 1. The Bertz CT molecular complexity index is 1060. The summed E-state index contributed by atoms with van der Waals surface area (Å²) in [7, 11) is 0. The van der Waals surface area contributed by atoms with Crippen molar-refractivity contribution in [3.05, 3.63) is 80.0 Å². The van der Waals surface area contributed by atoms with Crippen molar-refractivity contribution in [2.24, 2.45) is 0 Å². The van der Waals surface area contributed by atoms with Crippen molar-refractivity contribution in [1.29, 1.82) is 0 Å². The van der Waals surface area contributed by atoms with E-state index < -0.39 is 16.2 Å². The van der Waals surface area contributed by atoms with Crippen LogP contribution in [0.2, 0.25) is 0 Å². The number of hydrogen-bond acceptors (Lipinski definition) is 5. The molecule has 1 aliphatic carbocycles. The fourth-order valence-corrected chi connectivity index (χ4v) is 3.23. The molecule has 0 aliphatic heterocycles. The standard InChI is InChI=1S/C17H13FN4O3/c18-11-6-4-10-5-7-13(12(10)9-11)19-16-15(22(24)25)17(23)21-8-2-1-3-14(21)20-16/h1-4,6,8-9,13,19H,5,7H2. The number of aryl methyl sites for hydroxylation is 1. The molecule has 8 heteroatoms. The molecule has 7 nitrogen and oxygen atoms in total. The topological polar surface area (TPSA) is 89.5 Å². The van der Waals surface area contributed by atoms with Gasteiger partial charge in [0.25, 0.3) is 0 Å². The molecule has 2 aromatic heterocycles. The normalized spacial score (nSPS) is 16.0. The van der Waals surface area contributed by atoms with Gasteiger partial charge in [0, 0.05) is 6.20 Å². The van der Waals surface area contributed by atoms with E-state index in [0.717, 1.165) is 21.9 Å². The predicted octanol–water partition coefficient (Wildman–Crippen LogP) is 2.84. The molecule has 0 spiro atoms. The van der Waals surface area contributed by atoms with Gasteiger partial charge in [-0.3, -0.25) is 19.3 Å². The number of fused-ring (bicyclic) bond motifs is 2. The molecule has 1 atom stereocenters. The number of hydrogen-bond donors (Lipinski definition) is 1. The van der Waals surface area contributed by atoms with Gasteiger partial charge in [0.1, 0.15) is 11.5 Å². The molecule has 0 amide bonds. The van der Waals surface area contributed by atoms with Gasteiger partial charge in [-0.1, -0.05) is 12.1 Å². The van der Waals surface area contributed by atoms with E-state index >= 15 is 0 Å². The SMILES string of the molecule is O=c1c([N+](=O)[O-])c(NC2CCc3ccc(F)cc32)nc2ccccn12. The third-order valence-corrected chi connectivity index (χ3v) is 4.39. The lowest BCUT2D eigenvalue weighted by Gasteiger charge is -2.15. The summed E-state index contributed by atoms with van der Waals surface area (Å²) >= 11 is 0. The summed E-state index contributed by atoms with van der Waals surface area (Å²) in [6.45, 7) is 0. The average molecular weight is 340 g/mol. The summed E-state index contributed by atoms with van der Waals surface area (Å²) in [6.07, 6.45) is 2.81. The molecule has 1 aromatic carbocycles. The third kappa shape index (κ3) is 2.51. The summed E-state index contributed by atoms with van der Waals surface area (Å²) in [4.78, 5) is 27.4. The van der Waals surface area contributed by atoms with E-state index in [4.69, 9.17) is 0 Å². The zero-order valence-corrected chi connectivity index (χ0v) is 13.0. The molecule has 1 unspecified atom stereocenters. The first kappa shape index (κ1) is 15.3. The molecule has 1 aliphatic rings. The van der Waals surface area contributed by atoms with Gasteiger partial charge in [0.2, 0.25) is 5.82 Å². The van der Waals surface area contributed by atoms with Crippen LogP contribution in [-0.4, -0.2) is 14.3 Å². The second-order valence-electron chi connectivity index (χ2n) is 5.88. The minimum Gasteiger partial charge on any atom is -0.357 e. The maximum atomic E-state index is 13.5. The maximum absolute atomic E-state index is 13.5. The zero-order valence-electron chi connectivity index (χ0n) is 13.0. The average Bonchev–Trinajstić information content (AvgIpc) is 2.97. The fraction of sp³-hybridized carbons (Fsp3) is 0.176. The second-order valence-corrected chi connectivity index (χ2v) is 5.88. The van der Waals surface area contributed by atoms with Crippen LogP contribution in [0.3, 0.4) is 0 Å². The Balaban J connectivity index is 1.83. The quantitative estimate of drug-likeness (QED) is 0.585. The Morgan fingerprint density at radius 3 is 2.96 bits per heavy atom. The van der Waals surface area contributed by atoms with Gasteiger partial charge < -0.3 is 5.32 Å². The van der Waals surface area contributed by atoms with Crippen molar-refractivity contribution in [1.82, 2.24) is 9.38 Å². The van der Waals surface area contributed by atoms with Gasteiger partial charge >= 0.3 is 11.2 Å². The summed E-state index contributed by atoms with van der Waals surface area (Å²) in [5.41, 5.74) is 0.658. The number of pyridine rings is 1. The number of benzene rings is 1. The minimum atomic E-state index is -0.754. The van der Waals surface area contributed by atoms with Gasteiger partial charge in [-0.2, -0.15) is 0 Å². The van der Waals surface area contributed by atoms with Crippen LogP contribution in [-0.2, 0) is 6.42 Å². The van der Waals surface area contributed by atoms with Crippen molar-refractivity contribution in [2.45, 2.75) is 18.9 Å². The highest BCUT2D eigenvalue weighted by atomic mass is 19.1. The van der Waals surface area contributed by atoms with Gasteiger partial charge in [-0.25, -0.2) is 9.37 Å². The van der Waals surface area contributed by atoms with Crippen LogP contribution in [0.4, 0.5) is 15.9 Å². The first-order valence-electron chi connectivity index (χ1n) is 7.75. The molecule has 0 fully saturated rings. The summed E-state index contributed by atoms with van der Waals surface area (Å²) < 4.78 is 14.7. The second kappa shape index (κ2) is 5.66. The molecule has 126 valence electrons. The highest BCUT2D eigenvalue weighted by Crippen LogP contribution is 2.35. The van der Waals surface area contributed by atoms with Gasteiger partial charge in [-0.15, -0.1) is 0 Å². The van der Waals surface area contributed by atoms with Crippen LogP contribution in [0, 0.1) is 15.9 Å². The van der Waals surface area contributed by atoms with Crippen LogP contribution in [0.15, 0.2) is 47.4 Å². The van der Waals surface area contributed by atoms with E-state index in [9.17, 15) is 19.3 Å². The van der Waals surface area contributed by atoms with Crippen LogP contribution in [0.1, 0.15) is 23.6 Å². The Morgan fingerprint density at radius 1 is 1.32 bits per heavy atom. The molecule has 0 saturated carbocycles. The zero-order chi connectivity index (χ0) is 17.6. The number of rotatable bonds is 3. The van der Waals surface area contributed by atoms with E-state index in [1.165, 1.54) is 18.3 Å². The number of aromatic nitrogens is 2. The largest absolute Gasteiger partial charge is 0.376 e. The van der Waals surface area contributed by atoms with Crippen molar-refractivity contribution in [3.8, 4) is 0 Å². The van der Waals surface area contributed by atoms with E-state index in [2.05, 4.69) is 10.3 Å². The Morgan fingerprint density at radius 2 is 2.16 bits per heavy atom.